The lowest BCUT2D eigenvalue weighted by atomic mass is 9.94. The van der Waals surface area contributed by atoms with Gasteiger partial charge in [0.2, 0.25) is 5.78 Å². The molecule has 0 fully saturated rings. The van der Waals surface area contributed by atoms with Gasteiger partial charge in [-0.1, -0.05) is 44.2 Å². The Morgan fingerprint density at radius 3 is 2.56 bits per heavy atom. The van der Waals surface area contributed by atoms with Crippen LogP contribution in [-0.4, -0.2) is 57.7 Å². The van der Waals surface area contributed by atoms with E-state index in [1.54, 1.807) is 30.3 Å². The standard InChI is InChI=1S/C25H25N3O6/c1-3-26(4-2)12-13-27-22(17-9-7-10-18(14-17)28(32)33)21(24(30)25(27)31)23(29)20-15-16-8-5-6-11-19(16)34-20/h5-11,14-15,22,30H,3-4,12-13H2,1-2H3/t22-/m1/s1. The van der Waals surface area contributed by atoms with Crippen molar-refractivity contribution in [3.63, 3.8) is 0 Å². The van der Waals surface area contributed by atoms with Gasteiger partial charge in [-0.15, -0.1) is 0 Å². The minimum absolute atomic E-state index is 0.0171. The summed E-state index contributed by atoms with van der Waals surface area (Å²) >= 11 is 0. The summed E-state index contributed by atoms with van der Waals surface area (Å²) in [6.45, 7) is 6.28. The Kier molecular flexibility index (Phi) is 6.47. The molecule has 1 aliphatic rings. The summed E-state index contributed by atoms with van der Waals surface area (Å²) in [5.74, 6) is -2.01. The van der Waals surface area contributed by atoms with E-state index in [4.69, 9.17) is 4.42 Å². The lowest BCUT2D eigenvalue weighted by Crippen LogP contribution is -2.38. The smallest absolute Gasteiger partial charge is 0.290 e. The quantitative estimate of drug-likeness (QED) is 0.286. The number of ketones is 1. The Balaban J connectivity index is 1.78. The number of Topliss-reactive ketones (excluding diaryl/α,β-unsaturated/α-hetero) is 1. The number of carbonyl (C=O) groups excluding carboxylic acids is 2. The first-order chi connectivity index (χ1) is 16.3. The number of nitro benzene ring substituents is 1. The van der Waals surface area contributed by atoms with Gasteiger partial charge in [0.05, 0.1) is 16.5 Å². The SMILES string of the molecule is CCN(CC)CCN1C(=O)C(O)=C(C(=O)c2cc3ccccc3o2)[C@H]1c1cccc([N+](=O)[O-])c1. The molecule has 1 amide bonds. The number of amides is 1. The van der Waals surface area contributed by atoms with E-state index >= 15 is 0 Å². The van der Waals surface area contributed by atoms with Crippen LogP contribution in [0.5, 0.6) is 0 Å². The Morgan fingerprint density at radius 2 is 1.88 bits per heavy atom. The molecule has 9 heteroatoms. The fourth-order valence-corrected chi connectivity index (χ4v) is 4.29. The number of aliphatic hydroxyl groups is 1. The number of nitro groups is 1. The van der Waals surface area contributed by atoms with Crippen LogP contribution in [0.3, 0.4) is 0 Å². The van der Waals surface area contributed by atoms with Crippen molar-refractivity contribution in [2.75, 3.05) is 26.2 Å². The maximum Gasteiger partial charge on any atom is 0.290 e. The Bertz CT molecular complexity index is 1260. The molecular formula is C25H25N3O6. The molecule has 0 bridgehead atoms. The first-order valence-electron chi connectivity index (χ1n) is 11.1. The number of para-hydroxylation sites is 1. The number of hydrogen-bond donors (Lipinski definition) is 1. The molecule has 176 valence electrons. The molecule has 0 aliphatic carbocycles. The molecule has 0 spiro atoms. The number of rotatable bonds is 9. The lowest BCUT2D eigenvalue weighted by Gasteiger charge is -2.29. The Morgan fingerprint density at radius 1 is 1.15 bits per heavy atom. The van der Waals surface area contributed by atoms with Crippen LogP contribution < -0.4 is 0 Å². The van der Waals surface area contributed by atoms with Crippen molar-refractivity contribution in [1.29, 1.82) is 0 Å². The zero-order valence-electron chi connectivity index (χ0n) is 18.9. The molecule has 4 rings (SSSR count). The number of nitrogens with zero attached hydrogens (tertiary/aromatic N) is 3. The van der Waals surface area contributed by atoms with E-state index in [1.807, 2.05) is 19.9 Å². The summed E-state index contributed by atoms with van der Waals surface area (Å²) in [6, 6.07) is 13.4. The van der Waals surface area contributed by atoms with Gasteiger partial charge >= 0.3 is 0 Å². The van der Waals surface area contributed by atoms with Crippen LogP contribution in [0.2, 0.25) is 0 Å². The van der Waals surface area contributed by atoms with E-state index in [-0.39, 0.29) is 23.6 Å². The van der Waals surface area contributed by atoms with Crippen LogP contribution in [0, 0.1) is 10.1 Å². The van der Waals surface area contributed by atoms with Crippen LogP contribution >= 0.6 is 0 Å². The van der Waals surface area contributed by atoms with Crippen LogP contribution in [-0.2, 0) is 4.79 Å². The summed E-state index contributed by atoms with van der Waals surface area (Å²) in [4.78, 5) is 41.0. The Hall–Kier alpha value is -3.98. The number of aliphatic hydroxyl groups excluding tert-OH is 1. The average Bonchev–Trinajstić information content (AvgIpc) is 3.39. The second-order valence-electron chi connectivity index (χ2n) is 8.02. The van der Waals surface area contributed by atoms with Crippen molar-refractivity contribution in [2.45, 2.75) is 19.9 Å². The van der Waals surface area contributed by atoms with Crippen molar-refractivity contribution in [2.24, 2.45) is 0 Å². The number of carbonyl (C=O) groups is 2. The molecule has 1 N–H and O–H groups in total. The van der Waals surface area contributed by atoms with Gasteiger partial charge in [-0.2, -0.15) is 0 Å². The molecule has 1 atom stereocenters. The third kappa shape index (κ3) is 4.17. The first kappa shape index (κ1) is 23.2. The highest BCUT2D eigenvalue weighted by Crippen LogP contribution is 2.40. The van der Waals surface area contributed by atoms with Gasteiger partial charge in [0.15, 0.2) is 11.5 Å². The highest BCUT2D eigenvalue weighted by atomic mass is 16.6. The van der Waals surface area contributed by atoms with Crippen molar-refractivity contribution >= 4 is 28.3 Å². The number of hydrogen-bond acceptors (Lipinski definition) is 7. The molecule has 0 unspecified atom stereocenters. The molecule has 9 nitrogen and oxygen atoms in total. The number of non-ortho nitro benzene ring substituents is 1. The third-order valence-electron chi connectivity index (χ3n) is 6.15. The van der Waals surface area contributed by atoms with Crippen LogP contribution in [0.25, 0.3) is 11.0 Å². The summed E-state index contributed by atoms with van der Waals surface area (Å²) in [7, 11) is 0. The fraction of sp³-hybridized carbons (Fsp3) is 0.280. The van der Waals surface area contributed by atoms with Gasteiger partial charge in [0.25, 0.3) is 11.6 Å². The fourth-order valence-electron chi connectivity index (χ4n) is 4.29. The van der Waals surface area contributed by atoms with Gasteiger partial charge in [-0.3, -0.25) is 19.7 Å². The van der Waals surface area contributed by atoms with Crippen molar-refractivity contribution in [3.05, 3.63) is 87.4 Å². The van der Waals surface area contributed by atoms with E-state index < -0.39 is 28.4 Å². The summed E-state index contributed by atoms with van der Waals surface area (Å²) in [5.41, 5.74) is 0.547. The highest BCUT2D eigenvalue weighted by Gasteiger charge is 2.44. The summed E-state index contributed by atoms with van der Waals surface area (Å²) in [5, 5.41) is 22.9. The summed E-state index contributed by atoms with van der Waals surface area (Å²) in [6.07, 6.45) is 0. The Labute approximate surface area is 196 Å². The molecule has 2 heterocycles. The molecule has 1 aliphatic heterocycles. The van der Waals surface area contributed by atoms with Gasteiger partial charge in [-0.25, -0.2) is 0 Å². The minimum Gasteiger partial charge on any atom is -0.503 e. The molecule has 0 radical (unpaired) electrons. The van der Waals surface area contributed by atoms with Crippen LogP contribution in [0.15, 0.2) is 70.3 Å². The zero-order chi connectivity index (χ0) is 24.4. The van der Waals surface area contributed by atoms with Crippen molar-refractivity contribution < 1.29 is 24.0 Å². The van der Waals surface area contributed by atoms with E-state index in [0.29, 0.717) is 23.1 Å². The predicted octanol–water partition coefficient (Wildman–Crippen LogP) is 4.26. The predicted molar refractivity (Wildman–Crippen MR) is 126 cm³/mol. The number of likely N-dealkylation sites (N-methyl/N-ethyl adjacent to an activating group) is 1. The van der Waals surface area contributed by atoms with E-state index in [9.17, 15) is 24.8 Å². The third-order valence-corrected chi connectivity index (χ3v) is 6.15. The van der Waals surface area contributed by atoms with Gasteiger partial charge in [0.1, 0.15) is 5.58 Å². The summed E-state index contributed by atoms with van der Waals surface area (Å²) < 4.78 is 5.70. The number of benzene rings is 2. The average molecular weight is 463 g/mol. The molecule has 34 heavy (non-hydrogen) atoms. The second-order valence-corrected chi connectivity index (χ2v) is 8.02. The molecule has 1 aromatic heterocycles. The normalized spacial score (nSPS) is 16.1. The molecule has 3 aromatic rings. The molecular weight excluding hydrogens is 438 g/mol. The monoisotopic (exact) mass is 463 g/mol. The molecule has 0 saturated carbocycles. The van der Waals surface area contributed by atoms with Gasteiger partial charge in [-0.05, 0) is 30.8 Å². The lowest BCUT2D eigenvalue weighted by molar-refractivity contribution is -0.384. The minimum atomic E-state index is -0.983. The van der Waals surface area contributed by atoms with E-state index in [0.717, 1.165) is 13.1 Å². The van der Waals surface area contributed by atoms with E-state index in [1.165, 1.54) is 23.1 Å². The zero-order valence-corrected chi connectivity index (χ0v) is 18.9. The number of furan rings is 1. The second kappa shape index (κ2) is 9.48. The highest BCUT2D eigenvalue weighted by molar-refractivity contribution is 6.16. The maximum atomic E-state index is 13.5. The van der Waals surface area contributed by atoms with Gasteiger partial charge in [0, 0.05) is 30.6 Å². The largest absolute Gasteiger partial charge is 0.503 e. The van der Waals surface area contributed by atoms with E-state index in [2.05, 4.69) is 4.90 Å². The first-order valence-corrected chi connectivity index (χ1v) is 11.1. The van der Waals surface area contributed by atoms with Crippen molar-refractivity contribution in [1.82, 2.24) is 9.80 Å². The van der Waals surface area contributed by atoms with Gasteiger partial charge < -0.3 is 19.3 Å². The topological polar surface area (TPSA) is 117 Å². The van der Waals surface area contributed by atoms with Crippen molar-refractivity contribution in [3.8, 4) is 0 Å². The van der Waals surface area contributed by atoms with Crippen LogP contribution in [0.1, 0.15) is 36.0 Å². The molecule has 2 aromatic carbocycles. The van der Waals surface area contributed by atoms with Crippen LogP contribution in [0.4, 0.5) is 5.69 Å². The maximum absolute atomic E-state index is 13.5. The molecule has 0 saturated heterocycles. The number of fused-ring (bicyclic) bond motifs is 1.